The van der Waals surface area contributed by atoms with Crippen molar-refractivity contribution >= 4 is 15.7 Å². The van der Waals surface area contributed by atoms with Crippen LogP contribution in [0.2, 0.25) is 0 Å². The number of nitrogens with two attached hydrogens (primary N) is 1. The van der Waals surface area contributed by atoms with Crippen LogP contribution in [-0.4, -0.2) is 48.0 Å². The predicted molar refractivity (Wildman–Crippen MR) is 141 cm³/mol. The molecule has 0 aliphatic carbocycles. The molecule has 9 nitrogen and oxygen atoms in total. The zero-order chi connectivity index (χ0) is 26.0. The molecule has 192 valence electrons. The molecule has 4 aromatic rings. The lowest BCUT2D eigenvalue weighted by atomic mass is 10.1. The standard InChI is InChI=1S/C27H29N5O4S/c1-17(2)37(33,34)22-9-7-20(8-10-22)24-15-30-27(28)26(31-24)25-13-23(32-36-25)19-5-3-18(4-6-19)14-29-21-11-12-35-16-21/h3-10,13,15,17,21,29H,11-12,14,16H2,1-2H3,(H2,28,30)/t21-/m0/s1. The lowest BCUT2D eigenvalue weighted by Crippen LogP contribution is -2.28. The first-order valence-electron chi connectivity index (χ1n) is 12.2. The van der Waals surface area contributed by atoms with Gasteiger partial charge >= 0.3 is 0 Å². The summed E-state index contributed by atoms with van der Waals surface area (Å²) < 4.78 is 35.8. The van der Waals surface area contributed by atoms with E-state index < -0.39 is 15.1 Å². The average molecular weight is 520 g/mol. The summed E-state index contributed by atoms with van der Waals surface area (Å²) in [6, 6.07) is 16.9. The van der Waals surface area contributed by atoms with Crippen LogP contribution in [0.5, 0.6) is 0 Å². The highest BCUT2D eigenvalue weighted by atomic mass is 32.2. The molecule has 5 rings (SSSR count). The van der Waals surface area contributed by atoms with Crippen LogP contribution in [0.25, 0.3) is 34.0 Å². The summed E-state index contributed by atoms with van der Waals surface area (Å²) >= 11 is 0. The molecule has 1 fully saturated rings. The van der Waals surface area contributed by atoms with Gasteiger partial charge in [0, 0.05) is 36.4 Å². The first-order chi connectivity index (χ1) is 17.8. The van der Waals surface area contributed by atoms with Crippen molar-refractivity contribution < 1.29 is 17.7 Å². The lowest BCUT2D eigenvalue weighted by molar-refractivity contribution is 0.190. The second kappa shape index (κ2) is 10.4. The predicted octanol–water partition coefficient (Wildman–Crippen LogP) is 4.11. The Balaban J connectivity index is 1.34. The molecule has 0 spiro atoms. The van der Waals surface area contributed by atoms with Crippen LogP contribution in [0.15, 0.2) is 70.2 Å². The maximum Gasteiger partial charge on any atom is 0.189 e. The van der Waals surface area contributed by atoms with Crippen molar-refractivity contribution in [3.05, 3.63) is 66.4 Å². The Kier molecular flexibility index (Phi) is 7.05. The van der Waals surface area contributed by atoms with Gasteiger partial charge in [0.2, 0.25) is 0 Å². The van der Waals surface area contributed by atoms with Crippen LogP contribution in [0, 0.1) is 0 Å². The van der Waals surface area contributed by atoms with Gasteiger partial charge in [-0.05, 0) is 38.0 Å². The van der Waals surface area contributed by atoms with Crippen LogP contribution in [0.3, 0.4) is 0 Å². The molecule has 0 unspecified atom stereocenters. The summed E-state index contributed by atoms with van der Waals surface area (Å²) in [5.74, 6) is 0.607. The van der Waals surface area contributed by atoms with E-state index in [2.05, 4.69) is 32.6 Å². The van der Waals surface area contributed by atoms with Gasteiger partial charge in [-0.3, -0.25) is 0 Å². The van der Waals surface area contributed by atoms with Crippen molar-refractivity contribution in [2.75, 3.05) is 18.9 Å². The number of benzene rings is 2. The molecule has 0 radical (unpaired) electrons. The largest absolute Gasteiger partial charge is 0.382 e. The van der Waals surface area contributed by atoms with E-state index >= 15 is 0 Å². The molecule has 0 amide bonds. The van der Waals surface area contributed by atoms with Crippen LogP contribution in [-0.2, 0) is 21.1 Å². The highest BCUT2D eigenvalue weighted by Gasteiger charge is 2.20. The molecule has 1 aliphatic heterocycles. The zero-order valence-electron chi connectivity index (χ0n) is 20.7. The van der Waals surface area contributed by atoms with Crippen molar-refractivity contribution in [2.24, 2.45) is 0 Å². The quantitative estimate of drug-likeness (QED) is 0.353. The van der Waals surface area contributed by atoms with Gasteiger partial charge in [0.1, 0.15) is 5.69 Å². The second-order valence-electron chi connectivity index (χ2n) is 9.32. The van der Waals surface area contributed by atoms with Gasteiger partial charge in [-0.25, -0.2) is 18.4 Å². The number of hydrogen-bond donors (Lipinski definition) is 2. The van der Waals surface area contributed by atoms with Crippen molar-refractivity contribution in [3.63, 3.8) is 0 Å². The van der Waals surface area contributed by atoms with E-state index in [1.807, 2.05) is 12.1 Å². The maximum absolute atomic E-state index is 12.4. The Morgan fingerprint density at radius 3 is 2.43 bits per heavy atom. The molecule has 3 heterocycles. The van der Waals surface area contributed by atoms with E-state index in [-0.39, 0.29) is 10.7 Å². The Bertz CT molecular complexity index is 1480. The van der Waals surface area contributed by atoms with E-state index in [4.69, 9.17) is 15.0 Å². The van der Waals surface area contributed by atoms with Gasteiger partial charge in [0.05, 0.1) is 28.6 Å². The topological polar surface area (TPSA) is 133 Å². The Labute approximate surface area is 216 Å². The van der Waals surface area contributed by atoms with Crippen LogP contribution < -0.4 is 11.1 Å². The molecular formula is C27H29N5O4S. The fraction of sp³-hybridized carbons (Fsp3) is 0.296. The summed E-state index contributed by atoms with van der Waals surface area (Å²) in [6.45, 7) is 5.67. The highest BCUT2D eigenvalue weighted by Crippen LogP contribution is 2.30. The summed E-state index contributed by atoms with van der Waals surface area (Å²) in [6.07, 6.45) is 2.59. The molecule has 0 saturated carbocycles. The molecule has 10 heteroatoms. The third-order valence-electron chi connectivity index (χ3n) is 6.42. The SMILES string of the molecule is CC(C)S(=O)(=O)c1ccc(-c2cnc(N)c(-c3cc(-c4ccc(CN[C@H]5CCOC5)cc4)no3)n2)cc1. The molecule has 1 saturated heterocycles. The molecule has 3 N–H and O–H groups in total. The number of hydrogen-bond acceptors (Lipinski definition) is 9. The van der Waals surface area contributed by atoms with Crippen LogP contribution in [0.4, 0.5) is 5.82 Å². The number of rotatable bonds is 8. The minimum absolute atomic E-state index is 0.211. The van der Waals surface area contributed by atoms with E-state index in [0.717, 1.165) is 31.7 Å². The number of sulfone groups is 1. The monoisotopic (exact) mass is 519 g/mol. The Morgan fingerprint density at radius 2 is 1.76 bits per heavy atom. The Hall–Kier alpha value is -3.60. The number of nitrogens with zero attached hydrogens (tertiary/aromatic N) is 3. The van der Waals surface area contributed by atoms with E-state index in [9.17, 15) is 8.42 Å². The van der Waals surface area contributed by atoms with Crippen molar-refractivity contribution in [2.45, 2.75) is 43.0 Å². The lowest BCUT2D eigenvalue weighted by Gasteiger charge is -2.10. The second-order valence-corrected chi connectivity index (χ2v) is 11.8. The maximum atomic E-state index is 12.4. The molecular weight excluding hydrogens is 490 g/mol. The fourth-order valence-corrected chi connectivity index (χ4v) is 5.14. The van der Waals surface area contributed by atoms with E-state index in [0.29, 0.717) is 34.4 Å². The zero-order valence-corrected chi connectivity index (χ0v) is 21.5. The van der Waals surface area contributed by atoms with Gasteiger partial charge in [-0.1, -0.05) is 41.6 Å². The van der Waals surface area contributed by atoms with Crippen LogP contribution >= 0.6 is 0 Å². The highest BCUT2D eigenvalue weighted by molar-refractivity contribution is 7.92. The first-order valence-corrected chi connectivity index (χ1v) is 13.7. The molecule has 2 aromatic heterocycles. The first kappa shape index (κ1) is 25.1. The molecule has 37 heavy (non-hydrogen) atoms. The Morgan fingerprint density at radius 1 is 1.05 bits per heavy atom. The molecule has 1 atom stereocenters. The summed E-state index contributed by atoms with van der Waals surface area (Å²) in [7, 11) is -3.36. The number of aromatic nitrogens is 3. The fourth-order valence-electron chi connectivity index (χ4n) is 4.08. The normalized spacial score (nSPS) is 15.9. The van der Waals surface area contributed by atoms with Crippen molar-refractivity contribution in [1.29, 1.82) is 0 Å². The molecule has 1 aliphatic rings. The number of anilines is 1. The third kappa shape index (κ3) is 5.41. The van der Waals surface area contributed by atoms with Gasteiger partial charge in [-0.2, -0.15) is 0 Å². The minimum atomic E-state index is -3.36. The van der Waals surface area contributed by atoms with Crippen molar-refractivity contribution in [1.82, 2.24) is 20.4 Å². The van der Waals surface area contributed by atoms with Gasteiger partial charge in [-0.15, -0.1) is 0 Å². The number of ether oxygens (including phenoxy) is 1. The number of nitrogens with one attached hydrogen (secondary N) is 1. The van der Waals surface area contributed by atoms with Crippen LogP contribution in [0.1, 0.15) is 25.8 Å². The average Bonchev–Trinajstić information content (AvgIpc) is 3.61. The van der Waals surface area contributed by atoms with E-state index in [1.54, 1.807) is 50.4 Å². The summed E-state index contributed by atoms with van der Waals surface area (Å²) in [4.78, 5) is 9.17. The number of nitrogen functional groups attached to an aromatic ring is 1. The molecule has 2 aromatic carbocycles. The van der Waals surface area contributed by atoms with Gasteiger partial charge < -0.3 is 20.3 Å². The minimum Gasteiger partial charge on any atom is -0.382 e. The summed E-state index contributed by atoms with van der Waals surface area (Å²) in [5, 5.41) is 7.21. The molecule has 0 bridgehead atoms. The van der Waals surface area contributed by atoms with Crippen molar-refractivity contribution in [3.8, 4) is 34.0 Å². The summed E-state index contributed by atoms with van der Waals surface area (Å²) in [5.41, 5.74) is 10.5. The van der Waals surface area contributed by atoms with E-state index in [1.165, 1.54) is 5.56 Å². The van der Waals surface area contributed by atoms with Gasteiger partial charge in [0.25, 0.3) is 0 Å². The van der Waals surface area contributed by atoms with Gasteiger partial charge in [0.15, 0.2) is 27.1 Å². The third-order valence-corrected chi connectivity index (χ3v) is 8.59. The smallest absolute Gasteiger partial charge is 0.189 e.